The van der Waals surface area contributed by atoms with Crippen LogP contribution in [0.4, 0.5) is 0 Å². The second-order valence-corrected chi connectivity index (χ2v) is 6.80. The highest BCUT2D eigenvalue weighted by Crippen LogP contribution is 2.28. The van der Waals surface area contributed by atoms with Gasteiger partial charge in [0.2, 0.25) is 0 Å². The number of nitrogens with zero attached hydrogens (tertiary/aromatic N) is 2. The maximum Gasteiger partial charge on any atom is 0.166 e. The van der Waals surface area contributed by atoms with Crippen molar-refractivity contribution in [1.82, 2.24) is 0 Å². The van der Waals surface area contributed by atoms with E-state index in [-0.39, 0.29) is 11.5 Å². The van der Waals surface area contributed by atoms with Gasteiger partial charge in [-0.2, -0.15) is 0 Å². The van der Waals surface area contributed by atoms with E-state index < -0.39 is 0 Å². The highest BCUT2D eigenvalue weighted by molar-refractivity contribution is 5.85. The molecule has 0 amide bonds. The third-order valence-corrected chi connectivity index (χ3v) is 4.48. The Morgan fingerprint density at radius 2 is 1.12 bits per heavy atom. The lowest BCUT2D eigenvalue weighted by Crippen LogP contribution is -2.07. The standard InChI is InChI=1S/C24H32N2O6/c1-29-21-9-3-7-19(23(21)27)17-25-11-5-13-31-15-16-32-14-6-12-26-18-20-8-4-10-22(30-2)24(20)28/h3-4,7-10,17-18,27-28H,5-6,11-16H2,1-2H3. The van der Waals surface area contributed by atoms with E-state index in [1.54, 1.807) is 48.8 Å². The minimum Gasteiger partial charge on any atom is -0.504 e. The average Bonchev–Trinajstić information content (AvgIpc) is 2.81. The molecule has 174 valence electrons. The van der Waals surface area contributed by atoms with Crippen LogP contribution >= 0.6 is 0 Å². The van der Waals surface area contributed by atoms with Crippen molar-refractivity contribution >= 4 is 12.4 Å². The summed E-state index contributed by atoms with van der Waals surface area (Å²) in [5.41, 5.74) is 1.26. The van der Waals surface area contributed by atoms with Gasteiger partial charge in [0.1, 0.15) is 0 Å². The van der Waals surface area contributed by atoms with Gasteiger partial charge in [-0.3, -0.25) is 9.98 Å². The molecule has 0 aromatic heterocycles. The van der Waals surface area contributed by atoms with E-state index in [1.165, 1.54) is 14.2 Å². The van der Waals surface area contributed by atoms with E-state index >= 15 is 0 Å². The van der Waals surface area contributed by atoms with Gasteiger partial charge in [-0.25, -0.2) is 0 Å². The number of aliphatic imine (C=N–C) groups is 2. The van der Waals surface area contributed by atoms with Crippen molar-refractivity contribution in [2.45, 2.75) is 12.8 Å². The molecular weight excluding hydrogens is 412 g/mol. The second-order valence-electron chi connectivity index (χ2n) is 6.80. The molecule has 0 aliphatic heterocycles. The summed E-state index contributed by atoms with van der Waals surface area (Å²) in [5.74, 6) is 1.05. The van der Waals surface area contributed by atoms with Crippen molar-refractivity contribution in [3.63, 3.8) is 0 Å². The minimum absolute atomic E-state index is 0.0938. The summed E-state index contributed by atoms with van der Waals surface area (Å²) in [7, 11) is 3.03. The van der Waals surface area contributed by atoms with E-state index in [2.05, 4.69) is 9.98 Å². The summed E-state index contributed by atoms with van der Waals surface area (Å²) in [5, 5.41) is 20.0. The first-order valence-corrected chi connectivity index (χ1v) is 10.5. The summed E-state index contributed by atoms with van der Waals surface area (Å²) in [6.45, 7) is 3.47. The molecule has 0 radical (unpaired) electrons. The van der Waals surface area contributed by atoms with Gasteiger partial charge in [-0.15, -0.1) is 0 Å². The topological polar surface area (TPSA) is 102 Å². The fourth-order valence-electron chi connectivity index (χ4n) is 2.78. The third kappa shape index (κ3) is 8.56. The fraction of sp³-hybridized carbons (Fsp3) is 0.417. The van der Waals surface area contributed by atoms with E-state index in [0.717, 1.165) is 12.8 Å². The van der Waals surface area contributed by atoms with Gasteiger partial charge in [0.15, 0.2) is 23.0 Å². The Morgan fingerprint density at radius 3 is 1.53 bits per heavy atom. The zero-order chi connectivity index (χ0) is 23.0. The van der Waals surface area contributed by atoms with Crippen LogP contribution in [0, 0.1) is 0 Å². The quantitative estimate of drug-likeness (QED) is 0.322. The summed E-state index contributed by atoms with van der Waals surface area (Å²) >= 11 is 0. The van der Waals surface area contributed by atoms with Crippen LogP contribution in [-0.2, 0) is 9.47 Å². The maximum atomic E-state index is 9.99. The molecule has 2 rings (SSSR count). The van der Waals surface area contributed by atoms with E-state index in [1.807, 2.05) is 0 Å². The van der Waals surface area contributed by atoms with Crippen LogP contribution in [0.2, 0.25) is 0 Å². The lowest BCUT2D eigenvalue weighted by atomic mass is 10.2. The fourth-order valence-corrected chi connectivity index (χ4v) is 2.78. The normalized spacial score (nSPS) is 11.4. The van der Waals surface area contributed by atoms with Crippen LogP contribution in [0.3, 0.4) is 0 Å². The van der Waals surface area contributed by atoms with Gasteiger partial charge in [0.25, 0.3) is 0 Å². The number of phenols is 2. The van der Waals surface area contributed by atoms with Crippen LogP contribution in [-0.4, -0.2) is 76.4 Å². The molecule has 0 saturated carbocycles. The Kier molecular flexibility index (Phi) is 11.7. The van der Waals surface area contributed by atoms with Crippen molar-refractivity contribution in [2.24, 2.45) is 9.98 Å². The Labute approximate surface area is 189 Å². The van der Waals surface area contributed by atoms with E-state index in [0.29, 0.717) is 62.1 Å². The number of methoxy groups -OCH3 is 2. The third-order valence-electron chi connectivity index (χ3n) is 4.48. The van der Waals surface area contributed by atoms with E-state index in [4.69, 9.17) is 18.9 Å². The molecule has 0 spiro atoms. The Hall–Kier alpha value is -3.10. The molecule has 2 aromatic carbocycles. The number of hydrogen-bond acceptors (Lipinski definition) is 8. The van der Waals surface area contributed by atoms with E-state index in [9.17, 15) is 10.2 Å². The monoisotopic (exact) mass is 444 g/mol. The Bertz CT molecular complexity index is 798. The molecule has 2 N–H and O–H groups in total. The van der Waals surface area contributed by atoms with Crippen molar-refractivity contribution in [2.75, 3.05) is 53.7 Å². The molecule has 0 unspecified atom stereocenters. The van der Waals surface area contributed by atoms with Gasteiger partial charge in [0.05, 0.1) is 27.4 Å². The number of phenolic OH excluding ortho intramolecular Hbond substituents is 2. The number of benzene rings is 2. The zero-order valence-corrected chi connectivity index (χ0v) is 18.7. The molecule has 0 heterocycles. The largest absolute Gasteiger partial charge is 0.504 e. The van der Waals surface area contributed by atoms with Crippen molar-refractivity contribution in [3.8, 4) is 23.0 Å². The zero-order valence-electron chi connectivity index (χ0n) is 18.7. The number of rotatable bonds is 15. The maximum absolute atomic E-state index is 9.99. The number of aromatic hydroxyl groups is 2. The Morgan fingerprint density at radius 1 is 0.688 bits per heavy atom. The van der Waals surface area contributed by atoms with Crippen LogP contribution < -0.4 is 9.47 Å². The van der Waals surface area contributed by atoms with Gasteiger partial charge in [0, 0.05) is 49.9 Å². The lowest BCUT2D eigenvalue weighted by molar-refractivity contribution is 0.0472. The van der Waals surface area contributed by atoms with Gasteiger partial charge in [-0.05, 0) is 37.1 Å². The summed E-state index contributed by atoms with van der Waals surface area (Å²) in [6.07, 6.45) is 4.85. The van der Waals surface area contributed by atoms with Crippen LogP contribution in [0.5, 0.6) is 23.0 Å². The molecular formula is C24H32N2O6. The number of hydrogen-bond donors (Lipinski definition) is 2. The lowest BCUT2D eigenvalue weighted by Gasteiger charge is -2.06. The van der Waals surface area contributed by atoms with Crippen LogP contribution in [0.1, 0.15) is 24.0 Å². The SMILES string of the molecule is COc1cccc(C=NCCCOCCOCCCN=Cc2cccc(OC)c2O)c1O. The predicted molar refractivity (Wildman–Crippen MR) is 125 cm³/mol. The molecule has 0 aliphatic carbocycles. The summed E-state index contributed by atoms with van der Waals surface area (Å²) < 4.78 is 21.2. The predicted octanol–water partition coefficient (Wildman–Crippen LogP) is 3.47. The first-order valence-electron chi connectivity index (χ1n) is 10.5. The second kappa shape index (κ2) is 14.8. The smallest absolute Gasteiger partial charge is 0.166 e. The molecule has 0 atom stereocenters. The van der Waals surface area contributed by atoms with Crippen molar-refractivity contribution in [1.29, 1.82) is 0 Å². The van der Waals surface area contributed by atoms with Crippen LogP contribution in [0.15, 0.2) is 46.4 Å². The highest BCUT2D eigenvalue weighted by atomic mass is 16.5. The van der Waals surface area contributed by atoms with Gasteiger partial charge < -0.3 is 29.2 Å². The molecule has 0 fully saturated rings. The highest BCUT2D eigenvalue weighted by Gasteiger charge is 2.05. The summed E-state index contributed by atoms with van der Waals surface area (Å²) in [4.78, 5) is 8.61. The molecule has 8 heteroatoms. The first kappa shape index (κ1) is 25.2. The average molecular weight is 445 g/mol. The molecule has 8 nitrogen and oxygen atoms in total. The number of para-hydroxylation sites is 2. The first-order chi connectivity index (χ1) is 15.7. The summed E-state index contributed by atoms with van der Waals surface area (Å²) in [6, 6.07) is 10.6. The van der Waals surface area contributed by atoms with Crippen molar-refractivity contribution in [3.05, 3.63) is 47.5 Å². The molecule has 32 heavy (non-hydrogen) atoms. The molecule has 0 aliphatic rings. The van der Waals surface area contributed by atoms with Crippen molar-refractivity contribution < 1.29 is 29.2 Å². The minimum atomic E-state index is 0.0938. The van der Waals surface area contributed by atoms with Gasteiger partial charge in [-0.1, -0.05) is 12.1 Å². The Balaban J connectivity index is 1.47. The number of ether oxygens (including phenoxy) is 4. The van der Waals surface area contributed by atoms with Crippen LogP contribution in [0.25, 0.3) is 0 Å². The molecule has 0 saturated heterocycles. The molecule has 0 bridgehead atoms. The molecule has 2 aromatic rings. The van der Waals surface area contributed by atoms with Gasteiger partial charge >= 0.3 is 0 Å².